The van der Waals surface area contributed by atoms with E-state index in [1.807, 2.05) is 7.05 Å². The Kier molecular flexibility index (Phi) is 4.23. The minimum Gasteiger partial charge on any atom is -0.356 e. The number of piperidine rings is 1. The van der Waals surface area contributed by atoms with Crippen molar-refractivity contribution in [3.05, 3.63) is 0 Å². The first-order valence-corrected chi connectivity index (χ1v) is 8.63. The van der Waals surface area contributed by atoms with Gasteiger partial charge in [-0.1, -0.05) is 13.8 Å². The van der Waals surface area contributed by atoms with E-state index >= 15 is 0 Å². The topological polar surface area (TPSA) is 27.6 Å². The lowest BCUT2D eigenvalue weighted by atomic mass is 9.92. The smallest absolute Gasteiger partial charge is 0.193 e. The molecule has 3 heteroatoms. The van der Waals surface area contributed by atoms with Gasteiger partial charge in [0.2, 0.25) is 0 Å². The van der Waals surface area contributed by atoms with Crippen LogP contribution in [0.1, 0.15) is 46.0 Å². The van der Waals surface area contributed by atoms with Gasteiger partial charge < -0.3 is 10.2 Å². The van der Waals surface area contributed by atoms with Gasteiger partial charge in [0.05, 0.1) is 0 Å². The Bertz CT molecular complexity index is 335. The van der Waals surface area contributed by atoms with E-state index in [4.69, 9.17) is 0 Å². The van der Waals surface area contributed by atoms with Crippen LogP contribution >= 0.6 is 0 Å². The molecule has 1 saturated heterocycles. The Balaban J connectivity index is 1.53. The summed E-state index contributed by atoms with van der Waals surface area (Å²) in [5.41, 5.74) is 0. The molecule has 20 heavy (non-hydrogen) atoms. The standard InChI is InChI=1S/C17H31N3/c1-12-8-13(2)11-20(10-12)17(18-3)19-9-16(14-4-5-14)15-6-7-15/h12-16H,4-11H2,1-3H3,(H,18,19). The van der Waals surface area contributed by atoms with E-state index in [0.717, 1.165) is 42.1 Å². The molecular formula is C17H31N3. The SMILES string of the molecule is CN=C(NCC(C1CC1)C1CC1)N1CC(C)CC(C)C1. The van der Waals surface area contributed by atoms with E-state index < -0.39 is 0 Å². The summed E-state index contributed by atoms with van der Waals surface area (Å²) in [6, 6.07) is 0. The molecule has 0 aromatic heterocycles. The highest BCUT2D eigenvalue weighted by atomic mass is 15.3. The van der Waals surface area contributed by atoms with E-state index in [0.29, 0.717) is 0 Å². The van der Waals surface area contributed by atoms with Crippen molar-refractivity contribution in [3.63, 3.8) is 0 Å². The first-order valence-electron chi connectivity index (χ1n) is 8.63. The fourth-order valence-corrected chi connectivity index (χ4v) is 4.14. The second kappa shape index (κ2) is 5.95. The predicted molar refractivity (Wildman–Crippen MR) is 84.8 cm³/mol. The summed E-state index contributed by atoms with van der Waals surface area (Å²) in [5, 5.41) is 3.70. The minimum absolute atomic E-state index is 0.792. The van der Waals surface area contributed by atoms with Crippen molar-refractivity contribution in [2.75, 3.05) is 26.7 Å². The Morgan fingerprint density at radius 3 is 2.10 bits per heavy atom. The number of likely N-dealkylation sites (tertiary alicyclic amines) is 1. The van der Waals surface area contributed by atoms with Gasteiger partial charge in [0.1, 0.15) is 0 Å². The fraction of sp³-hybridized carbons (Fsp3) is 0.941. The highest BCUT2D eigenvalue weighted by molar-refractivity contribution is 5.80. The monoisotopic (exact) mass is 277 g/mol. The molecule has 3 fully saturated rings. The molecule has 1 aliphatic heterocycles. The average molecular weight is 277 g/mol. The zero-order valence-electron chi connectivity index (χ0n) is 13.4. The highest BCUT2D eigenvalue weighted by Crippen LogP contribution is 2.48. The molecule has 2 aliphatic carbocycles. The molecule has 2 saturated carbocycles. The number of guanidine groups is 1. The first kappa shape index (κ1) is 14.2. The van der Waals surface area contributed by atoms with Crippen molar-refractivity contribution >= 4 is 5.96 Å². The van der Waals surface area contributed by atoms with Crippen molar-refractivity contribution in [1.82, 2.24) is 10.2 Å². The number of rotatable bonds is 4. The van der Waals surface area contributed by atoms with Crippen LogP contribution in [0.5, 0.6) is 0 Å². The van der Waals surface area contributed by atoms with Gasteiger partial charge in [-0.15, -0.1) is 0 Å². The van der Waals surface area contributed by atoms with Crippen molar-refractivity contribution in [3.8, 4) is 0 Å². The zero-order chi connectivity index (χ0) is 14.1. The van der Waals surface area contributed by atoms with Crippen LogP contribution in [0.4, 0.5) is 0 Å². The van der Waals surface area contributed by atoms with Crippen LogP contribution in [0.25, 0.3) is 0 Å². The van der Waals surface area contributed by atoms with Gasteiger partial charge in [0.25, 0.3) is 0 Å². The molecule has 0 spiro atoms. The molecule has 0 aromatic rings. The van der Waals surface area contributed by atoms with Crippen molar-refractivity contribution in [2.24, 2.45) is 34.6 Å². The lowest BCUT2D eigenvalue weighted by molar-refractivity contribution is 0.207. The van der Waals surface area contributed by atoms with Gasteiger partial charge in [0, 0.05) is 26.7 Å². The normalized spacial score (nSPS) is 31.8. The van der Waals surface area contributed by atoms with Gasteiger partial charge in [-0.25, -0.2) is 0 Å². The molecule has 0 amide bonds. The molecular weight excluding hydrogens is 246 g/mol. The maximum Gasteiger partial charge on any atom is 0.193 e. The van der Waals surface area contributed by atoms with Crippen LogP contribution in [0, 0.1) is 29.6 Å². The Morgan fingerprint density at radius 1 is 1.10 bits per heavy atom. The number of hydrogen-bond donors (Lipinski definition) is 1. The fourth-order valence-electron chi connectivity index (χ4n) is 4.14. The maximum atomic E-state index is 4.54. The molecule has 1 N–H and O–H groups in total. The molecule has 1 heterocycles. The molecule has 0 aromatic carbocycles. The van der Waals surface area contributed by atoms with Gasteiger partial charge in [-0.2, -0.15) is 0 Å². The third kappa shape index (κ3) is 3.48. The van der Waals surface area contributed by atoms with E-state index in [2.05, 4.69) is 29.1 Å². The van der Waals surface area contributed by atoms with Gasteiger partial charge in [0.15, 0.2) is 5.96 Å². The summed E-state index contributed by atoms with van der Waals surface area (Å²) in [5.74, 6) is 5.70. The third-order valence-corrected chi connectivity index (χ3v) is 5.33. The molecule has 2 unspecified atom stereocenters. The second-order valence-corrected chi connectivity index (χ2v) is 7.62. The lowest BCUT2D eigenvalue weighted by Crippen LogP contribution is -2.49. The summed E-state index contributed by atoms with van der Waals surface area (Å²) in [6.45, 7) is 8.23. The Morgan fingerprint density at radius 2 is 1.65 bits per heavy atom. The maximum absolute atomic E-state index is 4.54. The van der Waals surface area contributed by atoms with Crippen LogP contribution < -0.4 is 5.32 Å². The summed E-state index contributed by atoms with van der Waals surface area (Å²) in [4.78, 5) is 7.03. The van der Waals surface area contributed by atoms with Crippen LogP contribution in [0.3, 0.4) is 0 Å². The largest absolute Gasteiger partial charge is 0.356 e. The van der Waals surface area contributed by atoms with Gasteiger partial charge in [-0.05, 0) is 61.7 Å². The Hall–Kier alpha value is -0.730. The number of aliphatic imine (C=N–C) groups is 1. The Labute approximate surface area is 124 Å². The first-order chi connectivity index (χ1) is 9.67. The van der Waals surface area contributed by atoms with Crippen molar-refractivity contribution in [1.29, 1.82) is 0 Å². The van der Waals surface area contributed by atoms with Crippen molar-refractivity contribution < 1.29 is 0 Å². The average Bonchev–Trinajstić information content (AvgIpc) is 3.26. The molecule has 2 atom stereocenters. The van der Waals surface area contributed by atoms with E-state index in [1.54, 1.807) is 0 Å². The van der Waals surface area contributed by atoms with Gasteiger partial charge in [-0.3, -0.25) is 4.99 Å². The van der Waals surface area contributed by atoms with Crippen LogP contribution in [0.15, 0.2) is 4.99 Å². The van der Waals surface area contributed by atoms with E-state index in [9.17, 15) is 0 Å². The highest BCUT2D eigenvalue weighted by Gasteiger charge is 2.41. The van der Waals surface area contributed by atoms with Crippen molar-refractivity contribution in [2.45, 2.75) is 46.0 Å². The molecule has 114 valence electrons. The quantitative estimate of drug-likeness (QED) is 0.632. The predicted octanol–water partition coefficient (Wildman–Crippen LogP) is 2.98. The third-order valence-electron chi connectivity index (χ3n) is 5.33. The summed E-state index contributed by atoms with van der Waals surface area (Å²) in [6.07, 6.45) is 7.25. The van der Waals surface area contributed by atoms with E-state index in [-0.39, 0.29) is 0 Å². The summed E-state index contributed by atoms with van der Waals surface area (Å²) in [7, 11) is 1.94. The van der Waals surface area contributed by atoms with Gasteiger partial charge >= 0.3 is 0 Å². The molecule has 3 rings (SSSR count). The second-order valence-electron chi connectivity index (χ2n) is 7.62. The van der Waals surface area contributed by atoms with Crippen LogP contribution in [0.2, 0.25) is 0 Å². The molecule has 0 radical (unpaired) electrons. The number of hydrogen-bond acceptors (Lipinski definition) is 1. The zero-order valence-corrected chi connectivity index (χ0v) is 13.4. The molecule has 3 aliphatic rings. The lowest BCUT2D eigenvalue weighted by Gasteiger charge is -2.37. The molecule has 3 nitrogen and oxygen atoms in total. The summed E-state index contributed by atoms with van der Waals surface area (Å²) < 4.78 is 0. The number of nitrogens with zero attached hydrogens (tertiary/aromatic N) is 2. The molecule has 0 bridgehead atoms. The van der Waals surface area contributed by atoms with Crippen LogP contribution in [-0.2, 0) is 0 Å². The van der Waals surface area contributed by atoms with E-state index in [1.165, 1.54) is 45.2 Å². The summed E-state index contributed by atoms with van der Waals surface area (Å²) >= 11 is 0. The minimum atomic E-state index is 0.792. The van der Waals surface area contributed by atoms with Crippen LogP contribution in [-0.4, -0.2) is 37.5 Å². The number of nitrogens with one attached hydrogen (secondary N) is 1.